The van der Waals surface area contributed by atoms with Gasteiger partial charge in [-0.15, -0.1) is 0 Å². The molecule has 0 aromatic carbocycles. The molecule has 5 heteroatoms. The van der Waals surface area contributed by atoms with Crippen molar-refractivity contribution in [3.05, 3.63) is 12.7 Å². The van der Waals surface area contributed by atoms with Crippen LogP contribution >= 0.6 is 0 Å². The Labute approximate surface area is 105 Å². The van der Waals surface area contributed by atoms with Crippen molar-refractivity contribution in [2.75, 3.05) is 14.2 Å². The molecule has 0 saturated carbocycles. The first-order valence-electron chi connectivity index (χ1n) is 5.97. The van der Waals surface area contributed by atoms with Crippen molar-refractivity contribution in [1.82, 2.24) is 0 Å². The van der Waals surface area contributed by atoms with E-state index in [2.05, 4.69) is 13.5 Å². The maximum absolute atomic E-state index is 11.0. The largest absolute Gasteiger partial charge is 0.460 e. The van der Waals surface area contributed by atoms with Crippen molar-refractivity contribution < 1.29 is 18.4 Å². The molecule has 1 unspecified atom stereocenters. The fraction of sp³-hybridized carbons (Fsp3) is 0.750. The summed E-state index contributed by atoms with van der Waals surface area (Å²) in [5, 5.41) is 0. The van der Waals surface area contributed by atoms with Gasteiger partial charge in [0.2, 0.25) is 0 Å². The summed E-state index contributed by atoms with van der Waals surface area (Å²) in [6.45, 7) is 7.33. The van der Waals surface area contributed by atoms with Crippen LogP contribution in [0.3, 0.4) is 0 Å². The number of esters is 1. The van der Waals surface area contributed by atoms with Crippen LogP contribution in [0.25, 0.3) is 0 Å². The molecule has 0 aliphatic rings. The average Bonchev–Trinajstić information content (AvgIpc) is 2.35. The first-order valence-corrected chi connectivity index (χ1v) is 8.20. The van der Waals surface area contributed by atoms with Gasteiger partial charge in [0.05, 0.1) is 6.10 Å². The lowest BCUT2D eigenvalue weighted by Gasteiger charge is -2.26. The minimum atomic E-state index is -1.99. The lowest BCUT2D eigenvalue weighted by molar-refractivity contribution is -0.142. The van der Waals surface area contributed by atoms with Gasteiger partial charge < -0.3 is 13.6 Å². The highest BCUT2D eigenvalue weighted by Crippen LogP contribution is 2.21. The van der Waals surface area contributed by atoms with Crippen LogP contribution in [0.1, 0.15) is 26.7 Å². The highest BCUT2D eigenvalue weighted by Gasteiger charge is 2.32. The Morgan fingerprint density at radius 3 is 2.41 bits per heavy atom. The molecule has 0 N–H and O–H groups in total. The molecule has 100 valence electrons. The Morgan fingerprint density at radius 2 is 2.00 bits per heavy atom. The smallest absolute Gasteiger partial charge is 0.337 e. The van der Waals surface area contributed by atoms with E-state index in [4.69, 9.17) is 13.6 Å². The van der Waals surface area contributed by atoms with Gasteiger partial charge in [0.1, 0.15) is 0 Å². The summed E-state index contributed by atoms with van der Waals surface area (Å²) in [5.41, 5.74) is 0. The lowest BCUT2D eigenvalue weighted by atomic mass is 10.2. The second kappa shape index (κ2) is 8.44. The van der Waals surface area contributed by atoms with Gasteiger partial charge in [0, 0.05) is 20.3 Å². The van der Waals surface area contributed by atoms with Gasteiger partial charge in [-0.25, -0.2) is 4.79 Å². The standard InChI is InChI=1S/C12H24O4Si/c1-6-12(13)16-11(3)9-8-10-17(7-2,14-4)15-5/h6,11H,1,7-10H2,2-5H3. The predicted octanol–water partition coefficient (Wildman–Crippen LogP) is 2.64. The Hall–Kier alpha value is -0.653. The number of ether oxygens (including phenoxy) is 1. The topological polar surface area (TPSA) is 44.8 Å². The highest BCUT2D eigenvalue weighted by molar-refractivity contribution is 6.67. The van der Waals surface area contributed by atoms with E-state index in [0.717, 1.165) is 24.9 Å². The van der Waals surface area contributed by atoms with Crippen molar-refractivity contribution >= 4 is 14.5 Å². The van der Waals surface area contributed by atoms with Gasteiger partial charge in [-0.1, -0.05) is 13.5 Å². The molecule has 0 bridgehead atoms. The van der Waals surface area contributed by atoms with E-state index in [9.17, 15) is 4.79 Å². The van der Waals surface area contributed by atoms with Crippen molar-refractivity contribution in [2.45, 2.75) is 44.9 Å². The molecule has 0 aliphatic carbocycles. The fourth-order valence-corrected chi connectivity index (χ4v) is 3.97. The third-order valence-corrected chi connectivity index (χ3v) is 6.62. The SMILES string of the molecule is C=CC(=O)OC(C)CCC[Si](CC)(OC)OC. The predicted molar refractivity (Wildman–Crippen MR) is 70.0 cm³/mol. The van der Waals surface area contributed by atoms with E-state index in [0.29, 0.717) is 0 Å². The van der Waals surface area contributed by atoms with Gasteiger partial charge in [-0.3, -0.25) is 0 Å². The molecular formula is C12H24O4Si. The second-order valence-electron chi connectivity index (χ2n) is 4.02. The molecule has 0 fully saturated rings. The first kappa shape index (κ1) is 16.3. The average molecular weight is 260 g/mol. The van der Waals surface area contributed by atoms with Gasteiger partial charge in [0.15, 0.2) is 0 Å². The Morgan fingerprint density at radius 1 is 1.41 bits per heavy atom. The monoisotopic (exact) mass is 260 g/mol. The summed E-state index contributed by atoms with van der Waals surface area (Å²) in [4.78, 5) is 11.0. The first-order chi connectivity index (χ1) is 8.03. The lowest BCUT2D eigenvalue weighted by Crippen LogP contribution is -2.39. The molecule has 0 radical (unpaired) electrons. The third kappa shape index (κ3) is 6.00. The molecule has 0 aromatic rings. The minimum absolute atomic E-state index is 0.0854. The van der Waals surface area contributed by atoms with Crippen LogP contribution in [0.15, 0.2) is 12.7 Å². The molecule has 17 heavy (non-hydrogen) atoms. The summed E-state index contributed by atoms with van der Waals surface area (Å²) in [6, 6.07) is 1.85. The Kier molecular flexibility index (Phi) is 8.12. The normalized spacial score (nSPS) is 13.2. The zero-order valence-electron chi connectivity index (χ0n) is 11.3. The van der Waals surface area contributed by atoms with Crippen molar-refractivity contribution in [3.63, 3.8) is 0 Å². The van der Waals surface area contributed by atoms with Crippen molar-refractivity contribution in [3.8, 4) is 0 Å². The minimum Gasteiger partial charge on any atom is -0.460 e. The van der Waals surface area contributed by atoms with Gasteiger partial charge in [0.25, 0.3) is 0 Å². The Balaban J connectivity index is 3.96. The molecule has 0 aliphatic heterocycles. The van der Waals surface area contributed by atoms with Gasteiger partial charge in [-0.2, -0.15) is 0 Å². The van der Waals surface area contributed by atoms with Crippen LogP contribution < -0.4 is 0 Å². The van der Waals surface area contributed by atoms with Crippen LogP contribution in [-0.2, 0) is 18.4 Å². The molecular weight excluding hydrogens is 236 g/mol. The van der Waals surface area contributed by atoms with E-state index in [1.165, 1.54) is 6.08 Å². The maximum atomic E-state index is 11.0. The molecule has 0 aromatic heterocycles. The third-order valence-electron chi connectivity index (χ3n) is 2.94. The number of carbonyl (C=O) groups is 1. The maximum Gasteiger partial charge on any atom is 0.337 e. The summed E-state index contributed by atoms with van der Waals surface area (Å²) in [5.74, 6) is -0.366. The summed E-state index contributed by atoms with van der Waals surface area (Å²) >= 11 is 0. The number of carbonyl (C=O) groups excluding carboxylic acids is 1. The summed E-state index contributed by atoms with van der Waals surface area (Å²) < 4.78 is 16.1. The second-order valence-corrected chi connectivity index (χ2v) is 7.86. The number of hydrogen-bond donors (Lipinski definition) is 0. The molecule has 0 heterocycles. The van der Waals surface area contributed by atoms with Gasteiger partial charge >= 0.3 is 14.5 Å². The van der Waals surface area contributed by atoms with Crippen molar-refractivity contribution in [1.29, 1.82) is 0 Å². The number of rotatable bonds is 9. The summed E-state index contributed by atoms with van der Waals surface area (Å²) in [7, 11) is 1.42. The molecule has 4 nitrogen and oxygen atoms in total. The van der Waals surface area contributed by atoms with Crippen LogP contribution in [0.5, 0.6) is 0 Å². The highest BCUT2D eigenvalue weighted by atomic mass is 28.4. The fourth-order valence-electron chi connectivity index (χ4n) is 1.72. The van der Waals surface area contributed by atoms with Crippen LogP contribution in [0.2, 0.25) is 12.1 Å². The molecule has 0 spiro atoms. The molecule has 0 rings (SSSR count). The molecule has 0 saturated heterocycles. The van der Waals surface area contributed by atoms with E-state index in [1.807, 2.05) is 6.92 Å². The van der Waals surface area contributed by atoms with E-state index in [1.54, 1.807) is 14.2 Å². The van der Waals surface area contributed by atoms with Crippen LogP contribution in [0, 0.1) is 0 Å². The van der Waals surface area contributed by atoms with Crippen LogP contribution in [-0.4, -0.2) is 34.9 Å². The van der Waals surface area contributed by atoms with E-state index >= 15 is 0 Å². The van der Waals surface area contributed by atoms with Crippen molar-refractivity contribution in [2.24, 2.45) is 0 Å². The number of hydrogen-bond acceptors (Lipinski definition) is 4. The summed E-state index contributed by atoms with van der Waals surface area (Å²) in [6.07, 6.45) is 2.86. The Bertz CT molecular complexity index is 230. The quantitative estimate of drug-likeness (QED) is 0.363. The zero-order chi connectivity index (χ0) is 13.3. The van der Waals surface area contributed by atoms with Gasteiger partial charge in [-0.05, 0) is 31.9 Å². The van der Waals surface area contributed by atoms with E-state index < -0.39 is 8.56 Å². The molecule has 1 atom stereocenters. The zero-order valence-corrected chi connectivity index (χ0v) is 12.3. The van der Waals surface area contributed by atoms with E-state index in [-0.39, 0.29) is 12.1 Å². The van der Waals surface area contributed by atoms with Crippen LogP contribution in [0.4, 0.5) is 0 Å². The molecule has 0 amide bonds.